The molecule has 0 saturated heterocycles. The molecule has 3 heteroatoms. The quantitative estimate of drug-likeness (QED) is 0.150. The maximum absolute atomic E-state index is 8.21. The number of allylic oxidation sites excluding steroid dienone is 4. The Labute approximate surface area is 300 Å². The molecule has 0 spiro atoms. The minimum Gasteiger partial charge on any atom is -0.672 e. The van der Waals surface area contributed by atoms with E-state index < -0.39 is 0 Å². The van der Waals surface area contributed by atoms with Gasteiger partial charge < -0.3 is 5.73 Å². The molecule has 0 heterocycles. The van der Waals surface area contributed by atoms with Crippen LogP contribution in [-0.4, -0.2) is 15.1 Å². The molecule has 4 fully saturated rings. The van der Waals surface area contributed by atoms with Crippen molar-refractivity contribution in [1.29, 1.82) is 0 Å². The number of hydrogen-bond donors (Lipinski definition) is 0. The molecular weight excluding hydrogens is 650 g/mol. The molecule has 1 N–H and O–H groups in total. The summed E-state index contributed by atoms with van der Waals surface area (Å²) in [5.41, 5.74) is 15.1. The van der Waals surface area contributed by atoms with E-state index in [9.17, 15) is 0 Å². The van der Waals surface area contributed by atoms with Crippen molar-refractivity contribution in [2.45, 2.75) is 71.8 Å². The molecule has 9 rings (SSSR count). The molecule has 46 heavy (non-hydrogen) atoms. The summed E-state index contributed by atoms with van der Waals surface area (Å²) >= 11 is 0. The summed E-state index contributed by atoms with van der Waals surface area (Å²) in [6, 6.07) is 42.1. The fraction of sp³-hybridized carbons (Fsp3) is 0.349. The van der Waals surface area contributed by atoms with Crippen molar-refractivity contribution in [1.82, 2.24) is 0 Å². The summed E-state index contributed by atoms with van der Waals surface area (Å²) in [7, 11) is 0.271. The first-order valence-corrected chi connectivity index (χ1v) is 18.0. The second-order valence-corrected chi connectivity index (χ2v) is 15.3. The van der Waals surface area contributed by atoms with Gasteiger partial charge in [-0.2, -0.15) is 11.1 Å². The normalized spacial score (nSPS) is 25.0. The van der Waals surface area contributed by atoms with E-state index in [2.05, 4.69) is 143 Å². The zero-order valence-corrected chi connectivity index (χ0v) is 31.8. The first kappa shape index (κ1) is 36.3. The third-order valence-electron chi connectivity index (χ3n) is 10.1. The number of benzene rings is 4. The second-order valence-electron chi connectivity index (χ2n) is 13.7. The Morgan fingerprint density at radius 2 is 0.935 bits per heavy atom. The molecule has 235 valence electrons. The van der Waals surface area contributed by atoms with Gasteiger partial charge in [-0.05, 0) is 48.1 Å². The molecular formula is C43H50NSiZr. The summed E-state index contributed by atoms with van der Waals surface area (Å²) in [6.45, 7) is 8.67. The summed E-state index contributed by atoms with van der Waals surface area (Å²) < 4.78 is 0. The fourth-order valence-electron chi connectivity index (χ4n) is 7.82. The van der Waals surface area contributed by atoms with Gasteiger partial charge in [-0.15, -0.1) is 12.5 Å². The molecule has 1 atom stereocenters. The molecule has 1 nitrogen and oxygen atoms in total. The Balaban J connectivity index is 0.000000139. The average Bonchev–Trinajstić information content (AvgIpc) is 3.27. The van der Waals surface area contributed by atoms with Gasteiger partial charge in [-0.25, -0.2) is 5.57 Å². The first-order valence-electron chi connectivity index (χ1n) is 16.9. The largest absolute Gasteiger partial charge is 2.00 e. The van der Waals surface area contributed by atoms with Gasteiger partial charge in [0.2, 0.25) is 0 Å². The van der Waals surface area contributed by atoms with Gasteiger partial charge in [-0.1, -0.05) is 178 Å². The van der Waals surface area contributed by atoms with Gasteiger partial charge in [0.25, 0.3) is 0 Å². The molecule has 0 aromatic heterocycles. The molecule has 0 aliphatic heterocycles. The van der Waals surface area contributed by atoms with Crippen molar-refractivity contribution in [3.63, 3.8) is 0 Å². The third-order valence-corrected chi connectivity index (χ3v) is 11.5. The smallest absolute Gasteiger partial charge is 0.672 e. The van der Waals surface area contributed by atoms with Crippen LogP contribution in [-0.2, 0) is 26.2 Å². The molecule has 4 aromatic carbocycles. The predicted octanol–water partition coefficient (Wildman–Crippen LogP) is 10.2. The summed E-state index contributed by atoms with van der Waals surface area (Å²) in [4.78, 5) is 0. The van der Waals surface area contributed by atoms with Crippen LogP contribution in [0.3, 0.4) is 0 Å². The van der Waals surface area contributed by atoms with E-state index in [0.717, 1.165) is 17.8 Å². The van der Waals surface area contributed by atoms with Gasteiger partial charge in [0.15, 0.2) is 0 Å². The zero-order valence-electron chi connectivity index (χ0n) is 28.2. The number of rotatable bonds is 3. The minimum absolute atomic E-state index is 0. The van der Waals surface area contributed by atoms with Gasteiger partial charge in [0.1, 0.15) is 9.52 Å². The molecule has 5 aliphatic rings. The second kappa shape index (κ2) is 17.5. The average molecular weight is 700 g/mol. The van der Waals surface area contributed by atoms with E-state index in [0.29, 0.717) is 5.92 Å². The first-order chi connectivity index (χ1) is 21.8. The van der Waals surface area contributed by atoms with Crippen molar-refractivity contribution >= 4 is 19.9 Å². The molecule has 0 amide bonds. The van der Waals surface area contributed by atoms with Crippen LogP contribution in [0.2, 0.25) is 0 Å². The van der Waals surface area contributed by atoms with Crippen LogP contribution in [0.15, 0.2) is 138 Å². The topological polar surface area (TPSA) is 23.8 Å². The Bertz CT molecular complexity index is 1420. The Hall–Kier alpha value is -2.58. The van der Waals surface area contributed by atoms with Crippen molar-refractivity contribution < 1.29 is 26.2 Å². The van der Waals surface area contributed by atoms with Crippen LogP contribution >= 0.6 is 0 Å². The monoisotopic (exact) mass is 698 g/mol. The third kappa shape index (κ3) is 10.5. The summed E-state index contributed by atoms with van der Waals surface area (Å²) in [5.74, 6) is 3.43. The van der Waals surface area contributed by atoms with Crippen molar-refractivity contribution in [3.05, 3.63) is 150 Å². The van der Waals surface area contributed by atoms with Gasteiger partial charge in [0, 0.05) is 0 Å². The number of hydrogen-bond acceptors (Lipinski definition) is 0. The molecule has 1 radical (unpaired) electrons. The van der Waals surface area contributed by atoms with E-state index in [1.807, 2.05) is 12.1 Å². The predicted molar refractivity (Wildman–Crippen MR) is 196 cm³/mol. The summed E-state index contributed by atoms with van der Waals surface area (Å²) in [5, 5.41) is 2.90. The maximum atomic E-state index is 8.21. The molecule has 1 unspecified atom stereocenters. The maximum Gasteiger partial charge on any atom is 2.00 e. The minimum atomic E-state index is 0. The van der Waals surface area contributed by atoms with Crippen LogP contribution in [0, 0.1) is 29.7 Å². The van der Waals surface area contributed by atoms with Crippen LogP contribution < -0.4 is 10.4 Å². The molecule has 4 bridgehead atoms. The Kier molecular flexibility index (Phi) is 13.8. The molecule has 4 aromatic rings. The molecule has 5 aliphatic carbocycles. The van der Waals surface area contributed by atoms with E-state index in [-0.39, 0.29) is 41.3 Å². The summed E-state index contributed by atoms with van der Waals surface area (Å²) in [6.07, 6.45) is 11.5. The van der Waals surface area contributed by atoms with Crippen molar-refractivity contribution in [2.75, 3.05) is 0 Å². The molecule has 4 saturated carbocycles. The van der Waals surface area contributed by atoms with Crippen molar-refractivity contribution in [2.24, 2.45) is 23.7 Å². The fourth-order valence-corrected chi connectivity index (χ4v) is 9.04. The SMILES string of the molecule is CC1=[C-]C(C)C(C)=C1C.[NH-]C12CC3CC(CC(C3)C1)C2.[Zr+2].c1ccc(-c2ccccc2)cc1.c1ccc([SiH]c2ccccc2)cc1. The van der Waals surface area contributed by atoms with Gasteiger partial charge in [0.05, 0.1) is 0 Å². The van der Waals surface area contributed by atoms with E-state index in [1.54, 1.807) is 0 Å². The van der Waals surface area contributed by atoms with Crippen LogP contribution in [0.4, 0.5) is 0 Å². The van der Waals surface area contributed by atoms with Crippen LogP contribution in [0.1, 0.15) is 66.2 Å². The van der Waals surface area contributed by atoms with Crippen LogP contribution in [0.25, 0.3) is 16.9 Å². The Morgan fingerprint density at radius 3 is 1.20 bits per heavy atom. The van der Waals surface area contributed by atoms with E-state index in [1.165, 1.54) is 76.7 Å². The zero-order chi connectivity index (χ0) is 31.6. The van der Waals surface area contributed by atoms with Gasteiger partial charge in [-0.3, -0.25) is 6.08 Å². The van der Waals surface area contributed by atoms with E-state index in [4.69, 9.17) is 5.73 Å². The van der Waals surface area contributed by atoms with Crippen molar-refractivity contribution in [3.8, 4) is 11.1 Å². The number of nitrogens with one attached hydrogen (secondary N) is 1. The van der Waals surface area contributed by atoms with Gasteiger partial charge >= 0.3 is 26.2 Å². The Morgan fingerprint density at radius 1 is 0.587 bits per heavy atom. The standard InChI is InChI=1S/C12H11Si.C12H10.C10H16N.C9H13.Zr/c1-3-7-11(8-4-1)13-12-9-5-2-6-10-12;1-3-7-11(8-4-1)12-9-5-2-6-10-12;11-10-4-7-1-8(5-10)3-9(2-7)6-10;1-6-5-7(2)9(4)8(6)3;/h1-10,13H;1-10H;7-9,11H,1-6H2;6H,1-4H3;/q;;2*-1;+2. The van der Waals surface area contributed by atoms with E-state index >= 15 is 0 Å². The van der Waals surface area contributed by atoms with Crippen LogP contribution in [0.5, 0.6) is 0 Å².